The van der Waals surface area contributed by atoms with Crippen LogP contribution < -0.4 is 4.74 Å². The van der Waals surface area contributed by atoms with Crippen LogP contribution in [-0.4, -0.2) is 6.61 Å². The third-order valence-electron chi connectivity index (χ3n) is 7.61. The summed E-state index contributed by atoms with van der Waals surface area (Å²) in [6.07, 6.45) is 19.6. The van der Waals surface area contributed by atoms with Crippen LogP contribution in [0.1, 0.15) is 103 Å². The van der Waals surface area contributed by atoms with Gasteiger partial charge in [-0.2, -0.15) is 0 Å². The Kier molecular flexibility index (Phi) is 9.22. The van der Waals surface area contributed by atoms with Gasteiger partial charge in [0.05, 0.1) is 6.61 Å². The van der Waals surface area contributed by atoms with E-state index in [1.807, 2.05) is 0 Å². The van der Waals surface area contributed by atoms with Gasteiger partial charge in [0.25, 0.3) is 0 Å². The number of hydrogen-bond acceptors (Lipinski definition) is 1. The second-order valence-electron chi connectivity index (χ2n) is 9.89. The SMILES string of the molecule is CCCC1CCCCC1CCCOc1ccc(CCC2CCC(C)CC2)cc1. The van der Waals surface area contributed by atoms with Crippen LogP contribution in [0.4, 0.5) is 0 Å². The average Bonchev–Trinajstić information content (AvgIpc) is 2.73. The van der Waals surface area contributed by atoms with E-state index in [0.717, 1.165) is 36.0 Å². The molecule has 2 aliphatic carbocycles. The van der Waals surface area contributed by atoms with Crippen LogP contribution in [0.3, 0.4) is 0 Å². The fraction of sp³-hybridized carbons (Fsp3) is 0.778. The molecule has 0 aromatic heterocycles. The number of rotatable bonds is 10. The first-order valence-corrected chi connectivity index (χ1v) is 12.5. The Morgan fingerprint density at radius 1 is 0.821 bits per heavy atom. The molecule has 2 unspecified atom stereocenters. The Bertz CT molecular complexity index is 524. The molecule has 1 aromatic rings. The zero-order valence-electron chi connectivity index (χ0n) is 18.6. The Balaban J connectivity index is 1.32. The van der Waals surface area contributed by atoms with Crippen LogP contribution in [0, 0.1) is 23.7 Å². The van der Waals surface area contributed by atoms with Crippen molar-refractivity contribution in [1.29, 1.82) is 0 Å². The summed E-state index contributed by atoms with van der Waals surface area (Å²) >= 11 is 0. The zero-order chi connectivity index (χ0) is 19.6. The van der Waals surface area contributed by atoms with Gasteiger partial charge in [0, 0.05) is 0 Å². The molecule has 2 saturated carbocycles. The predicted octanol–water partition coefficient (Wildman–Crippen LogP) is 8.21. The molecule has 0 heterocycles. The Morgan fingerprint density at radius 3 is 2.18 bits per heavy atom. The molecule has 2 fully saturated rings. The summed E-state index contributed by atoms with van der Waals surface area (Å²) in [6.45, 7) is 5.64. The van der Waals surface area contributed by atoms with Gasteiger partial charge in [-0.3, -0.25) is 0 Å². The molecule has 3 rings (SSSR count). The van der Waals surface area contributed by atoms with E-state index in [-0.39, 0.29) is 0 Å². The quantitative estimate of drug-likeness (QED) is 0.369. The lowest BCUT2D eigenvalue weighted by atomic mass is 9.75. The van der Waals surface area contributed by atoms with E-state index in [1.54, 1.807) is 0 Å². The first-order valence-electron chi connectivity index (χ1n) is 12.5. The van der Waals surface area contributed by atoms with Crippen molar-refractivity contribution in [3.8, 4) is 5.75 Å². The average molecular weight is 385 g/mol. The van der Waals surface area contributed by atoms with E-state index in [4.69, 9.17) is 4.74 Å². The summed E-state index contributed by atoms with van der Waals surface area (Å²) in [5.41, 5.74) is 1.48. The highest BCUT2D eigenvalue weighted by Gasteiger charge is 2.23. The minimum absolute atomic E-state index is 0.884. The first-order chi connectivity index (χ1) is 13.7. The summed E-state index contributed by atoms with van der Waals surface area (Å²) in [6, 6.07) is 8.97. The van der Waals surface area contributed by atoms with Crippen molar-refractivity contribution in [2.75, 3.05) is 6.61 Å². The van der Waals surface area contributed by atoms with Gasteiger partial charge < -0.3 is 4.74 Å². The summed E-state index contributed by atoms with van der Waals surface area (Å²) in [5, 5.41) is 0. The monoisotopic (exact) mass is 384 g/mol. The van der Waals surface area contributed by atoms with E-state index in [9.17, 15) is 0 Å². The standard InChI is InChI=1S/C27H44O/c1-3-7-25-8-4-5-9-26(25)10-6-21-28-27-19-17-24(18-20-27)16-15-23-13-11-22(2)12-14-23/h17-20,22-23,25-26H,3-16,21H2,1-2H3. The molecule has 1 heteroatoms. The van der Waals surface area contributed by atoms with Crippen LogP contribution >= 0.6 is 0 Å². The maximum absolute atomic E-state index is 6.05. The number of aryl methyl sites for hydroxylation is 1. The molecule has 28 heavy (non-hydrogen) atoms. The van der Waals surface area contributed by atoms with Crippen LogP contribution in [0.5, 0.6) is 5.75 Å². The Labute approximate surface area is 174 Å². The molecular weight excluding hydrogens is 340 g/mol. The molecular formula is C27H44O. The molecule has 1 aromatic carbocycles. The van der Waals surface area contributed by atoms with E-state index in [0.29, 0.717) is 0 Å². The topological polar surface area (TPSA) is 9.23 Å². The van der Waals surface area contributed by atoms with Gasteiger partial charge >= 0.3 is 0 Å². The highest BCUT2D eigenvalue weighted by atomic mass is 16.5. The van der Waals surface area contributed by atoms with Gasteiger partial charge in [-0.25, -0.2) is 0 Å². The van der Waals surface area contributed by atoms with Crippen LogP contribution in [0.2, 0.25) is 0 Å². The lowest BCUT2D eigenvalue weighted by Gasteiger charge is -2.31. The van der Waals surface area contributed by atoms with Gasteiger partial charge in [-0.05, 0) is 67.1 Å². The molecule has 0 aliphatic heterocycles. The second kappa shape index (κ2) is 11.9. The maximum atomic E-state index is 6.05. The van der Waals surface area contributed by atoms with Crippen molar-refractivity contribution in [3.05, 3.63) is 29.8 Å². The van der Waals surface area contributed by atoms with E-state index < -0.39 is 0 Å². The van der Waals surface area contributed by atoms with Crippen molar-refractivity contribution in [1.82, 2.24) is 0 Å². The number of hydrogen-bond donors (Lipinski definition) is 0. The predicted molar refractivity (Wildman–Crippen MR) is 121 cm³/mol. The van der Waals surface area contributed by atoms with Gasteiger partial charge in [0.1, 0.15) is 5.75 Å². The third kappa shape index (κ3) is 7.12. The lowest BCUT2D eigenvalue weighted by Crippen LogP contribution is -2.20. The van der Waals surface area contributed by atoms with Crippen molar-refractivity contribution < 1.29 is 4.74 Å². The molecule has 0 spiro atoms. The van der Waals surface area contributed by atoms with Crippen LogP contribution in [0.25, 0.3) is 0 Å². The van der Waals surface area contributed by atoms with Gasteiger partial charge in [0.15, 0.2) is 0 Å². The smallest absolute Gasteiger partial charge is 0.119 e. The minimum Gasteiger partial charge on any atom is -0.494 e. The van der Waals surface area contributed by atoms with Crippen molar-refractivity contribution >= 4 is 0 Å². The summed E-state index contributed by atoms with van der Waals surface area (Å²) in [4.78, 5) is 0. The van der Waals surface area contributed by atoms with E-state index in [1.165, 1.54) is 95.5 Å². The van der Waals surface area contributed by atoms with Gasteiger partial charge in [-0.1, -0.05) is 90.2 Å². The molecule has 158 valence electrons. The van der Waals surface area contributed by atoms with Crippen molar-refractivity contribution in [2.45, 2.75) is 104 Å². The summed E-state index contributed by atoms with van der Waals surface area (Å²) in [7, 11) is 0. The largest absolute Gasteiger partial charge is 0.494 e. The fourth-order valence-electron chi connectivity index (χ4n) is 5.69. The van der Waals surface area contributed by atoms with Crippen molar-refractivity contribution in [3.63, 3.8) is 0 Å². The molecule has 0 amide bonds. The Hall–Kier alpha value is -0.980. The van der Waals surface area contributed by atoms with Crippen LogP contribution in [-0.2, 0) is 6.42 Å². The summed E-state index contributed by atoms with van der Waals surface area (Å²) in [5.74, 6) is 4.93. The molecule has 0 bridgehead atoms. The maximum Gasteiger partial charge on any atom is 0.119 e. The minimum atomic E-state index is 0.884. The van der Waals surface area contributed by atoms with E-state index >= 15 is 0 Å². The summed E-state index contributed by atoms with van der Waals surface area (Å²) < 4.78 is 6.05. The second-order valence-corrected chi connectivity index (χ2v) is 9.89. The molecule has 1 nitrogen and oxygen atoms in total. The molecule has 0 saturated heterocycles. The van der Waals surface area contributed by atoms with Crippen LogP contribution in [0.15, 0.2) is 24.3 Å². The molecule has 0 radical (unpaired) electrons. The molecule has 2 aliphatic rings. The molecule has 0 N–H and O–H groups in total. The van der Waals surface area contributed by atoms with Gasteiger partial charge in [-0.15, -0.1) is 0 Å². The number of ether oxygens (including phenoxy) is 1. The molecule has 2 atom stereocenters. The zero-order valence-corrected chi connectivity index (χ0v) is 18.6. The highest BCUT2D eigenvalue weighted by Crippen LogP contribution is 2.36. The third-order valence-corrected chi connectivity index (χ3v) is 7.61. The number of benzene rings is 1. The van der Waals surface area contributed by atoms with Crippen molar-refractivity contribution in [2.24, 2.45) is 23.7 Å². The lowest BCUT2D eigenvalue weighted by molar-refractivity contribution is 0.193. The first kappa shape index (κ1) is 21.7. The van der Waals surface area contributed by atoms with Gasteiger partial charge in [0.2, 0.25) is 0 Å². The highest BCUT2D eigenvalue weighted by molar-refractivity contribution is 5.27. The normalized spacial score (nSPS) is 28.2. The fourth-order valence-corrected chi connectivity index (χ4v) is 5.69. The Morgan fingerprint density at radius 2 is 1.50 bits per heavy atom. The van der Waals surface area contributed by atoms with E-state index in [2.05, 4.69) is 38.1 Å².